The maximum Gasteiger partial charge on any atom is 0.264 e. The fourth-order valence-corrected chi connectivity index (χ4v) is 6.30. The number of rotatable bonds is 14. The van der Waals surface area contributed by atoms with Crippen molar-refractivity contribution in [2.45, 2.75) is 51.2 Å². The Morgan fingerprint density at radius 1 is 0.909 bits per heavy atom. The van der Waals surface area contributed by atoms with E-state index in [1.165, 1.54) is 37.3 Å². The molecule has 3 aromatic rings. The number of ether oxygens (including phenoxy) is 3. The number of hydrogen-bond donors (Lipinski definition) is 1. The maximum absolute atomic E-state index is 14.2. The summed E-state index contributed by atoms with van der Waals surface area (Å²) in [7, 11) is -1.53. The molecule has 10 nitrogen and oxygen atoms in total. The van der Waals surface area contributed by atoms with E-state index in [-0.39, 0.29) is 28.9 Å². The van der Waals surface area contributed by atoms with Crippen LogP contribution in [0.25, 0.3) is 0 Å². The first kappa shape index (κ1) is 34.8. The summed E-state index contributed by atoms with van der Waals surface area (Å²) in [5.41, 5.74) is 0.621. The Kier molecular flexibility index (Phi) is 12.2. The molecule has 3 rings (SSSR count). The fourth-order valence-electron chi connectivity index (χ4n) is 4.35. The third kappa shape index (κ3) is 8.28. The van der Waals surface area contributed by atoms with Crippen LogP contribution in [0.3, 0.4) is 0 Å². The molecule has 238 valence electrons. The summed E-state index contributed by atoms with van der Waals surface area (Å²) in [5.74, 6) is -0.0272. The van der Waals surface area contributed by atoms with Crippen molar-refractivity contribution in [3.05, 3.63) is 76.3 Å². The lowest BCUT2D eigenvalue weighted by Crippen LogP contribution is -2.52. The van der Waals surface area contributed by atoms with E-state index in [9.17, 15) is 18.0 Å². The molecule has 0 aliphatic carbocycles. The van der Waals surface area contributed by atoms with Crippen LogP contribution in [0, 0.1) is 0 Å². The third-order valence-corrected chi connectivity index (χ3v) is 9.12. The van der Waals surface area contributed by atoms with Crippen LogP contribution in [0.2, 0.25) is 10.0 Å². The average Bonchev–Trinajstić information content (AvgIpc) is 2.99. The molecule has 0 bridgehead atoms. The van der Waals surface area contributed by atoms with E-state index in [2.05, 4.69) is 5.32 Å². The second-order valence-corrected chi connectivity index (χ2v) is 12.7. The lowest BCUT2D eigenvalue weighted by atomic mass is 10.1. The lowest BCUT2D eigenvalue weighted by molar-refractivity contribution is -0.139. The van der Waals surface area contributed by atoms with Crippen LogP contribution < -0.4 is 23.8 Å². The monoisotopic (exact) mass is 665 g/mol. The Hall–Kier alpha value is -3.67. The van der Waals surface area contributed by atoms with Crippen molar-refractivity contribution >= 4 is 50.7 Å². The van der Waals surface area contributed by atoms with E-state index in [1.54, 1.807) is 63.2 Å². The molecule has 13 heteroatoms. The number of anilines is 1. The molecule has 0 saturated heterocycles. The van der Waals surface area contributed by atoms with Gasteiger partial charge in [-0.25, -0.2) is 8.42 Å². The van der Waals surface area contributed by atoms with Gasteiger partial charge in [0.25, 0.3) is 10.0 Å². The number of amides is 2. The van der Waals surface area contributed by atoms with Crippen LogP contribution >= 0.6 is 23.2 Å². The molecule has 44 heavy (non-hydrogen) atoms. The van der Waals surface area contributed by atoms with Crippen molar-refractivity contribution < 1.29 is 32.2 Å². The molecule has 0 aromatic heterocycles. The van der Waals surface area contributed by atoms with Crippen LogP contribution in [0.1, 0.15) is 33.3 Å². The summed E-state index contributed by atoms with van der Waals surface area (Å²) in [6, 6.07) is 14.2. The number of carbonyl (C=O) groups excluding carboxylic acids is 2. The van der Waals surface area contributed by atoms with Crippen molar-refractivity contribution in [3.63, 3.8) is 0 Å². The molecular formula is C31H37Cl2N3O7S. The van der Waals surface area contributed by atoms with Gasteiger partial charge in [-0.1, -0.05) is 29.3 Å². The molecule has 0 radical (unpaired) electrons. The van der Waals surface area contributed by atoms with Gasteiger partial charge in [0.1, 0.15) is 18.3 Å². The van der Waals surface area contributed by atoms with Gasteiger partial charge in [0.2, 0.25) is 11.8 Å². The quantitative estimate of drug-likeness (QED) is 0.240. The highest BCUT2D eigenvalue weighted by atomic mass is 35.5. The summed E-state index contributed by atoms with van der Waals surface area (Å²) in [6.45, 7) is 6.61. The number of benzene rings is 3. The van der Waals surface area contributed by atoms with Gasteiger partial charge in [-0.05, 0) is 76.2 Å². The van der Waals surface area contributed by atoms with Crippen molar-refractivity contribution in [1.29, 1.82) is 0 Å². The van der Waals surface area contributed by atoms with Crippen molar-refractivity contribution in [2.24, 2.45) is 0 Å². The second kappa shape index (κ2) is 15.4. The number of halogens is 2. The minimum absolute atomic E-state index is 0.136. The van der Waals surface area contributed by atoms with Gasteiger partial charge in [0.15, 0.2) is 11.5 Å². The van der Waals surface area contributed by atoms with E-state index >= 15 is 0 Å². The molecule has 0 heterocycles. The third-order valence-electron chi connectivity index (χ3n) is 6.65. The fraction of sp³-hybridized carbons (Fsp3) is 0.355. The average molecular weight is 667 g/mol. The van der Waals surface area contributed by atoms with E-state index in [1.807, 2.05) is 6.92 Å². The van der Waals surface area contributed by atoms with Gasteiger partial charge in [-0.15, -0.1) is 0 Å². The molecule has 1 unspecified atom stereocenters. The van der Waals surface area contributed by atoms with Crippen LogP contribution in [0.15, 0.2) is 65.6 Å². The number of nitrogens with zero attached hydrogens (tertiary/aromatic N) is 2. The first-order chi connectivity index (χ1) is 20.8. The van der Waals surface area contributed by atoms with Crippen LogP contribution in [0.4, 0.5) is 5.69 Å². The summed E-state index contributed by atoms with van der Waals surface area (Å²) in [4.78, 5) is 28.4. The largest absolute Gasteiger partial charge is 0.494 e. The predicted octanol–water partition coefficient (Wildman–Crippen LogP) is 5.55. The van der Waals surface area contributed by atoms with Crippen LogP contribution in [-0.4, -0.2) is 64.6 Å². The minimum Gasteiger partial charge on any atom is -0.494 e. The highest BCUT2D eigenvalue weighted by molar-refractivity contribution is 7.92. The normalized spacial score (nSPS) is 11.9. The van der Waals surface area contributed by atoms with Crippen LogP contribution in [0.5, 0.6) is 17.2 Å². The standard InChI is InChI=1S/C31H37Cl2N3O7S/c1-7-43-23-13-11-22(12-14-23)36(44(39,40)24-15-16-28(41-5)29(17-24)42-6)19-30(37)35(21(4)31(38)34-20(2)3)18-25-26(32)9-8-10-27(25)33/h8-17,20-21H,7,18-19H2,1-6H3,(H,34,38). The van der Waals surface area contributed by atoms with Gasteiger partial charge in [0, 0.05) is 34.3 Å². The van der Waals surface area contributed by atoms with Crippen molar-refractivity contribution in [2.75, 3.05) is 31.7 Å². The zero-order chi connectivity index (χ0) is 32.6. The Labute approximate surface area is 268 Å². The lowest BCUT2D eigenvalue weighted by Gasteiger charge is -2.32. The summed E-state index contributed by atoms with van der Waals surface area (Å²) < 4.78 is 45.5. The number of sulfonamides is 1. The maximum atomic E-state index is 14.2. The van der Waals surface area contributed by atoms with Crippen LogP contribution in [-0.2, 0) is 26.2 Å². The highest BCUT2D eigenvalue weighted by Gasteiger charge is 2.33. The molecule has 3 aromatic carbocycles. The minimum atomic E-state index is -4.36. The van der Waals surface area contributed by atoms with Crippen molar-refractivity contribution in [3.8, 4) is 17.2 Å². The summed E-state index contributed by atoms with van der Waals surface area (Å²) in [6.07, 6.45) is 0. The summed E-state index contributed by atoms with van der Waals surface area (Å²) in [5, 5.41) is 3.40. The molecule has 0 spiro atoms. The molecule has 2 amide bonds. The Morgan fingerprint density at radius 3 is 2.07 bits per heavy atom. The predicted molar refractivity (Wildman–Crippen MR) is 171 cm³/mol. The van der Waals surface area contributed by atoms with E-state index in [0.717, 1.165) is 4.31 Å². The smallest absolute Gasteiger partial charge is 0.264 e. The SMILES string of the molecule is CCOc1ccc(N(CC(=O)N(Cc2c(Cl)cccc2Cl)C(C)C(=O)NC(C)C)S(=O)(=O)c2ccc(OC)c(OC)c2)cc1. The van der Waals surface area contributed by atoms with Gasteiger partial charge < -0.3 is 24.4 Å². The van der Waals surface area contributed by atoms with E-state index < -0.39 is 34.4 Å². The number of nitrogens with one attached hydrogen (secondary N) is 1. The van der Waals surface area contributed by atoms with Gasteiger partial charge in [0.05, 0.1) is 31.4 Å². The van der Waals surface area contributed by atoms with Crippen molar-refractivity contribution in [1.82, 2.24) is 10.2 Å². The molecular weight excluding hydrogens is 629 g/mol. The Bertz CT molecular complexity index is 1550. The molecule has 0 aliphatic heterocycles. The molecule has 0 aliphatic rings. The summed E-state index contributed by atoms with van der Waals surface area (Å²) >= 11 is 12.9. The first-order valence-corrected chi connectivity index (χ1v) is 16.0. The molecule has 0 saturated carbocycles. The first-order valence-electron chi connectivity index (χ1n) is 13.8. The molecule has 1 N–H and O–H groups in total. The van der Waals surface area contributed by atoms with E-state index in [4.69, 9.17) is 37.4 Å². The number of hydrogen-bond acceptors (Lipinski definition) is 7. The topological polar surface area (TPSA) is 114 Å². The molecule has 0 fully saturated rings. The highest BCUT2D eigenvalue weighted by Crippen LogP contribution is 2.33. The second-order valence-electron chi connectivity index (χ2n) is 10.0. The molecule has 1 atom stereocenters. The zero-order valence-corrected chi connectivity index (χ0v) is 27.8. The zero-order valence-electron chi connectivity index (χ0n) is 25.5. The number of carbonyl (C=O) groups is 2. The van der Waals surface area contributed by atoms with Gasteiger partial charge in [-0.3, -0.25) is 13.9 Å². The Balaban J connectivity index is 2.12. The Morgan fingerprint density at radius 2 is 1.52 bits per heavy atom. The van der Waals surface area contributed by atoms with E-state index in [0.29, 0.717) is 33.7 Å². The van der Waals surface area contributed by atoms with Gasteiger partial charge >= 0.3 is 0 Å². The van der Waals surface area contributed by atoms with Gasteiger partial charge in [-0.2, -0.15) is 0 Å². The number of methoxy groups -OCH3 is 2.